The molecule has 0 aliphatic heterocycles. The van der Waals surface area contributed by atoms with Gasteiger partial charge in [-0.25, -0.2) is 0 Å². The molecule has 0 aromatic heterocycles. The lowest BCUT2D eigenvalue weighted by Crippen LogP contribution is -2.33. The summed E-state index contributed by atoms with van der Waals surface area (Å²) in [5, 5.41) is 3.23. The first-order valence-electron chi connectivity index (χ1n) is 6.01. The molecule has 0 spiro atoms. The number of benzene rings is 1. The van der Waals surface area contributed by atoms with Gasteiger partial charge in [-0.3, -0.25) is 4.79 Å². The summed E-state index contributed by atoms with van der Waals surface area (Å²) in [5.74, 6) is 0. The van der Waals surface area contributed by atoms with Crippen molar-refractivity contribution >= 4 is 6.29 Å². The van der Waals surface area contributed by atoms with Gasteiger partial charge in [-0.2, -0.15) is 0 Å². The van der Waals surface area contributed by atoms with Crippen molar-refractivity contribution in [2.75, 3.05) is 6.54 Å². The lowest BCUT2D eigenvalue weighted by atomic mass is 10.1. The normalized spacial score (nSPS) is 12.3. The lowest BCUT2D eigenvalue weighted by molar-refractivity contribution is 0.505. The minimum Gasteiger partial charge on any atom is -0.307 e. The summed E-state index contributed by atoms with van der Waals surface area (Å²) in [6.45, 7) is 3.08. The zero-order chi connectivity index (χ0) is 11.6. The average molecular weight is 218 g/mol. The van der Waals surface area contributed by atoms with Crippen molar-refractivity contribution in [3.05, 3.63) is 35.9 Å². The molecule has 0 aliphatic carbocycles. The van der Waals surface area contributed by atoms with E-state index in [4.69, 9.17) is 0 Å². The Kier molecular flexibility index (Phi) is 6.50. The van der Waals surface area contributed by atoms with E-state index in [0.29, 0.717) is 0 Å². The second-order valence-corrected chi connectivity index (χ2v) is 4.02. The molecule has 0 amide bonds. The topological polar surface area (TPSA) is 29.1 Å². The standard InChI is InChI=1S/C14H20NO/c1-2-3-7-10-15-14(12-16)11-13-8-5-4-6-9-13/h4-6,8-9,14-15H,2-3,7,10-11H2,1H3/t14-/m1/s1. The highest BCUT2D eigenvalue weighted by molar-refractivity contribution is 5.59. The summed E-state index contributed by atoms with van der Waals surface area (Å²) in [6.07, 6.45) is 6.34. The zero-order valence-electron chi connectivity index (χ0n) is 9.91. The van der Waals surface area contributed by atoms with Crippen molar-refractivity contribution in [2.45, 2.75) is 38.6 Å². The van der Waals surface area contributed by atoms with Gasteiger partial charge in [0.2, 0.25) is 6.29 Å². The highest BCUT2D eigenvalue weighted by atomic mass is 16.1. The van der Waals surface area contributed by atoms with Crippen LogP contribution in [-0.2, 0) is 11.2 Å². The van der Waals surface area contributed by atoms with Gasteiger partial charge in [0.15, 0.2) is 0 Å². The molecule has 87 valence electrons. The van der Waals surface area contributed by atoms with Crippen molar-refractivity contribution < 1.29 is 4.79 Å². The molecule has 2 heteroatoms. The van der Waals surface area contributed by atoms with Gasteiger partial charge in [-0.15, -0.1) is 0 Å². The highest BCUT2D eigenvalue weighted by Crippen LogP contribution is 2.02. The maximum Gasteiger partial charge on any atom is 0.217 e. The van der Waals surface area contributed by atoms with Crippen molar-refractivity contribution in [1.29, 1.82) is 0 Å². The van der Waals surface area contributed by atoms with Crippen LogP contribution in [0.2, 0.25) is 0 Å². The average Bonchev–Trinajstić information content (AvgIpc) is 2.34. The molecule has 1 N–H and O–H groups in total. The van der Waals surface area contributed by atoms with Crippen LogP contribution in [0.4, 0.5) is 0 Å². The highest BCUT2D eigenvalue weighted by Gasteiger charge is 2.07. The molecule has 16 heavy (non-hydrogen) atoms. The molecular weight excluding hydrogens is 198 g/mol. The van der Waals surface area contributed by atoms with E-state index >= 15 is 0 Å². The van der Waals surface area contributed by atoms with E-state index in [-0.39, 0.29) is 6.04 Å². The molecule has 0 aliphatic rings. The smallest absolute Gasteiger partial charge is 0.217 e. The van der Waals surface area contributed by atoms with E-state index in [1.54, 1.807) is 0 Å². The molecule has 1 rings (SSSR count). The Morgan fingerprint density at radius 1 is 1.25 bits per heavy atom. The van der Waals surface area contributed by atoms with Crippen LogP contribution in [0.5, 0.6) is 0 Å². The second kappa shape index (κ2) is 8.05. The molecule has 0 unspecified atom stereocenters. The summed E-state index contributed by atoms with van der Waals surface area (Å²) < 4.78 is 0. The van der Waals surface area contributed by atoms with Gasteiger partial charge in [-0.1, -0.05) is 50.1 Å². The molecule has 1 atom stereocenters. The Bertz CT molecular complexity index is 284. The molecule has 2 nitrogen and oxygen atoms in total. The Hall–Kier alpha value is -1.15. The molecule has 0 heterocycles. The largest absolute Gasteiger partial charge is 0.307 e. The van der Waals surface area contributed by atoms with Crippen molar-refractivity contribution in [3.63, 3.8) is 0 Å². The second-order valence-electron chi connectivity index (χ2n) is 4.02. The van der Waals surface area contributed by atoms with E-state index in [9.17, 15) is 4.79 Å². The van der Waals surface area contributed by atoms with Crippen LogP contribution in [0.1, 0.15) is 31.7 Å². The first kappa shape index (κ1) is 12.9. The third-order valence-corrected chi connectivity index (χ3v) is 2.60. The first-order valence-corrected chi connectivity index (χ1v) is 6.01. The molecule has 0 saturated heterocycles. The molecule has 1 aromatic carbocycles. The van der Waals surface area contributed by atoms with Crippen LogP contribution >= 0.6 is 0 Å². The van der Waals surface area contributed by atoms with Gasteiger partial charge < -0.3 is 5.32 Å². The van der Waals surface area contributed by atoms with Crippen LogP contribution in [0.15, 0.2) is 30.3 Å². The molecular formula is C14H20NO. The Morgan fingerprint density at radius 3 is 2.62 bits per heavy atom. The first-order chi connectivity index (χ1) is 7.86. The predicted octanol–water partition coefficient (Wildman–Crippen LogP) is 2.49. The summed E-state index contributed by atoms with van der Waals surface area (Å²) in [4.78, 5) is 10.8. The third-order valence-electron chi connectivity index (χ3n) is 2.60. The van der Waals surface area contributed by atoms with Gasteiger partial charge in [0, 0.05) is 0 Å². The lowest BCUT2D eigenvalue weighted by Gasteiger charge is -2.11. The number of hydrogen-bond donors (Lipinski definition) is 1. The number of carbonyl (C=O) groups excluding carboxylic acids is 1. The van der Waals surface area contributed by atoms with Crippen LogP contribution in [-0.4, -0.2) is 18.9 Å². The Morgan fingerprint density at radius 2 is 2.00 bits per heavy atom. The molecule has 0 fully saturated rings. The summed E-state index contributed by atoms with van der Waals surface area (Å²) in [5.41, 5.74) is 1.18. The van der Waals surface area contributed by atoms with Gasteiger partial charge in [0.1, 0.15) is 0 Å². The number of unbranched alkanes of at least 4 members (excludes halogenated alkanes) is 2. The van der Waals surface area contributed by atoms with Gasteiger partial charge in [0.05, 0.1) is 6.04 Å². The summed E-state index contributed by atoms with van der Waals surface area (Å²) in [7, 11) is 0. The van der Waals surface area contributed by atoms with Crippen LogP contribution in [0, 0.1) is 0 Å². The van der Waals surface area contributed by atoms with E-state index in [1.165, 1.54) is 18.4 Å². The molecule has 1 aromatic rings. The quantitative estimate of drug-likeness (QED) is 0.679. The zero-order valence-corrected chi connectivity index (χ0v) is 9.91. The Labute approximate surface area is 98.1 Å². The van der Waals surface area contributed by atoms with Crippen molar-refractivity contribution in [3.8, 4) is 0 Å². The van der Waals surface area contributed by atoms with Gasteiger partial charge in [-0.05, 0) is 24.9 Å². The number of rotatable bonds is 8. The van der Waals surface area contributed by atoms with Crippen LogP contribution in [0.25, 0.3) is 0 Å². The Balaban J connectivity index is 2.29. The predicted molar refractivity (Wildman–Crippen MR) is 67.2 cm³/mol. The number of hydrogen-bond acceptors (Lipinski definition) is 2. The molecule has 0 saturated carbocycles. The fraction of sp³-hybridized carbons (Fsp3) is 0.500. The molecule has 0 bridgehead atoms. The molecule has 1 radical (unpaired) electrons. The van der Waals surface area contributed by atoms with Crippen LogP contribution < -0.4 is 5.32 Å². The van der Waals surface area contributed by atoms with Gasteiger partial charge in [0.25, 0.3) is 0 Å². The maximum absolute atomic E-state index is 10.8. The SMILES string of the molecule is CCCCCN[C@@H]([C]=O)Cc1ccccc1. The minimum atomic E-state index is -0.167. The van der Waals surface area contributed by atoms with Crippen molar-refractivity contribution in [1.82, 2.24) is 5.32 Å². The van der Waals surface area contributed by atoms with Crippen LogP contribution in [0.3, 0.4) is 0 Å². The fourth-order valence-corrected chi connectivity index (χ4v) is 1.66. The van der Waals surface area contributed by atoms with Crippen molar-refractivity contribution in [2.24, 2.45) is 0 Å². The summed E-state index contributed by atoms with van der Waals surface area (Å²) >= 11 is 0. The van der Waals surface area contributed by atoms with E-state index < -0.39 is 0 Å². The number of nitrogens with one attached hydrogen (secondary N) is 1. The summed E-state index contributed by atoms with van der Waals surface area (Å²) in [6, 6.07) is 9.88. The fourth-order valence-electron chi connectivity index (χ4n) is 1.66. The minimum absolute atomic E-state index is 0.167. The van der Waals surface area contributed by atoms with Gasteiger partial charge >= 0.3 is 0 Å². The van der Waals surface area contributed by atoms with E-state index in [1.807, 2.05) is 30.3 Å². The monoisotopic (exact) mass is 218 g/mol. The maximum atomic E-state index is 10.8. The third kappa shape index (κ3) is 5.08. The van der Waals surface area contributed by atoms with E-state index in [0.717, 1.165) is 19.4 Å². The van der Waals surface area contributed by atoms with E-state index in [2.05, 4.69) is 18.5 Å².